The van der Waals surface area contributed by atoms with Crippen LogP contribution in [0.1, 0.15) is 12.5 Å². The summed E-state index contributed by atoms with van der Waals surface area (Å²) in [5, 5.41) is 15.4. The number of aromatic nitrogens is 1. The number of fused-ring (bicyclic) bond motifs is 1. The average Bonchev–Trinajstić information content (AvgIpc) is 2.60. The monoisotopic (exact) mass is 413 g/mol. The van der Waals surface area contributed by atoms with Crippen LogP contribution in [0, 0.1) is 10.1 Å². The first-order chi connectivity index (χ1) is 12.5. The van der Waals surface area contributed by atoms with Gasteiger partial charge in [-0.15, -0.1) is 0 Å². The molecule has 0 atom stereocenters. The Labute approximate surface area is 158 Å². The zero-order valence-electron chi connectivity index (χ0n) is 14.0. The maximum Gasteiger partial charge on any atom is 0.311 e. The number of nitro groups is 1. The van der Waals surface area contributed by atoms with E-state index >= 15 is 0 Å². The fraction of sp³-hybridized carbons (Fsp3) is 0.211. The van der Waals surface area contributed by atoms with E-state index in [1.54, 1.807) is 0 Å². The van der Waals surface area contributed by atoms with E-state index in [0.717, 1.165) is 10.2 Å². The Balaban J connectivity index is 1.75. The number of rotatable bonds is 4. The van der Waals surface area contributed by atoms with Crippen LogP contribution in [-0.2, 0) is 10.2 Å². The third-order valence-electron chi connectivity index (χ3n) is 4.70. The first-order valence-electron chi connectivity index (χ1n) is 8.14. The molecule has 1 aromatic heterocycles. The van der Waals surface area contributed by atoms with Gasteiger partial charge in [0.15, 0.2) is 0 Å². The van der Waals surface area contributed by atoms with Crippen molar-refractivity contribution in [3.63, 3.8) is 0 Å². The Morgan fingerprint density at radius 3 is 2.58 bits per heavy atom. The minimum atomic E-state index is -0.420. The summed E-state index contributed by atoms with van der Waals surface area (Å²) in [7, 11) is 0. The van der Waals surface area contributed by atoms with Crippen molar-refractivity contribution in [2.24, 2.45) is 0 Å². The fourth-order valence-electron chi connectivity index (χ4n) is 3.10. The van der Waals surface area contributed by atoms with Crippen LogP contribution < -0.4 is 5.32 Å². The Morgan fingerprint density at radius 2 is 1.96 bits per heavy atom. The van der Waals surface area contributed by atoms with Crippen molar-refractivity contribution in [2.75, 3.05) is 18.5 Å². The molecule has 2 aromatic carbocycles. The molecular formula is C19H16BrN3O3. The van der Waals surface area contributed by atoms with E-state index in [1.807, 2.05) is 42.5 Å². The summed E-state index contributed by atoms with van der Waals surface area (Å²) in [6.07, 6.45) is 1.29. The van der Waals surface area contributed by atoms with Crippen LogP contribution in [0.15, 0.2) is 53.1 Å². The fourth-order valence-corrected chi connectivity index (χ4v) is 3.46. The minimum absolute atomic E-state index is 0.0543. The van der Waals surface area contributed by atoms with Gasteiger partial charge in [-0.2, -0.15) is 0 Å². The number of nitrogens with one attached hydrogen (secondary N) is 1. The maximum absolute atomic E-state index is 11.5. The summed E-state index contributed by atoms with van der Waals surface area (Å²) >= 11 is 3.42. The highest BCUT2D eigenvalue weighted by Gasteiger charge is 2.35. The second kappa shape index (κ2) is 6.34. The average molecular weight is 414 g/mol. The highest BCUT2D eigenvalue weighted by atomic mass is 79.9. The highest BCUT2D eigenvalue weighted by molar-refractivity contribution is 9.10. The van der Waals surface area contributed by atoms with Crippen LogP contribution >= 0.6 is 15.9 Å². The molecule has 132 valence electrons. The quantitative estimate of drug-likeness (QED) is 0.484. The van der Waals surface area contributed by atoms with E-state index in [9.17, 15) is 10.1 Å². The molecule has 0 amide bonds. The molecule has 1 fully saturated rings. The lowest BCUT2D eigenvalue weighted by molar-refractivity contribution is -0.384. The van der Waals surface area contributed by atoms with Crippen molar-refractivity contribution >= 4 is 43.9 Å². The Bertz CT molecular complexity index is 1000. The number of anilines is 2. The molecule has 0 radical (unpaired) electrons. The predicted octanol–water partition coefficient (Wildman–Crippen LogP) is 4.94. The lowest BCUT2D eigenvalue weighted by Gasteiger charge is -2.38. The first kappa shape index (κ1) is 16.9. The molecule has 1 N–H and O–H groups in total. The van der Waals surface area contributed by atoms with Gasteiger partial charge in [0.1, 0.15) is 11.9 Å². The van der Waals surface area contributed by atoms with Gasteiger partial charge in [-0.3, -0.25) is 10.1 Å². The van der Waals surface area contributed by atoms with Gasteiger partial charge < -0.3 is 10.1 Å². The molecule has 0 saturated carbocycles. The summed E-state index contributed by atoms with van der Waals surface area (Å²) < 4.78 is 6.15. The highest BCUT2D eigenvalue weighted by Crippen LogP contribution is 2.36. The van der Waals surface area contributed by atoms with Crippen LogP contribution in [0.5, 0.6) is 0 Å². The van der Waals surface area contributed by atoms with Crippen molar-refractivity contribution < 1.29 is 9.66 Å². The summed E-state index contributed by atoms with van der Waals surface area (Å²) in [6, 6.07) is 13.5. The van der Waals surface area contributed by atoms with Gasteiger partial charge in [0.05, 0.1) is 23.7 Å². The molecule has 0 unspecified atom stereocenters. The van der Waals surface area contributed by atoms with Crippen molar-refractivity contribution in [2.45, 2.75) is 12.3 Å². The Morgan fingerprint density at radius 1 is 1.23 bits per heavy atom. The van der Waals surface area contributed by atoms with Crippen molar-refractivity contribution in [3.05, 3.63) is 68.8 Å². The first-order valence-corrected chi connectivity index (χ1v) is 8.94. The van der Waals surface area contributed by atoms with Crippen molar-refractivity contribution in [3.8, 4) is 0 Å². The smallest absolute Gasteiger partial charge is 0.311 e. The summed E-state index contributed by atoms with van der Waals surface area (Å²) in [4.78, 5) is 15.2. The molecule has 3 aromatic rings. The van der Waals surface area contributed by atoms with Gasteiger partial charge in [0.2, 0.25) is 0 Å². The van der Waals surface area contributed by atoms with E-state index in [4.69, 9.17) is 4.74 Å². The maximum atomic E-state index is 11.5. The number of hydrogen-bond donors (Lipinski definition) is 1. The van der Waals surface area contributed by atoms with Gasteiger partial charge >= 0.3 is 5.69 Å². The molecule has 2 heterocycles. The molecule has 26 heavy (non-hydrogen) atoms. The van der Waals surface area contributed by atoms with Crippen LogP contribution in [0.2, 0.25) is 0 Å². The number of halogens is 1. The van der Waals surface area contributed by atoms with Gasteiger partial charge in [-0.05, 0) is 35.9 Å². The number of hydrogen-bond acceptors (Lipinski definition) is 5. The van der Waals surface area contributed by atoms with Crippen LogP contribution in [0.25, 0.3) is 10.9 Å². The van der Waals surface area contributed by atoms with Gasteiger partial charge in [0.25, 0.3) is 0 Å². The molecule has 1 aliphatic rings. The van der Waals surface area contributed by atoms with E-state index in [2.05, 4.69) is 33.2 Å². The standard InChI is InChI=1S/C19H16BrN3O3/c1-19(10-26-11-19)12-2-5-14(6-3-12)22-18-15-8-13(20)4-7-16(15)21-9-17(18)23(24)25/h2-9H,10-11H2,1H3,(H,21,22). The van der Waals surface area contributed by atoms with Gasteiger partial charge in [-0.25, -0.2) is 4.98 Å². The van der Waals surface area contributed by atoms with E-state index in [0.29, 0.717) is 29.8 Å². The third kappa shape index (κ3) is 2.93. The lowest BCUT2D eigenvalue weighted by atomic mass is 9.81. The second-order valence-electron chi connectivity index (χ2n) is 6.69. The van der Waals surface area contributed by atoms with E-state index in [-0.39, 0.29) is 11.1 Å². The van der Waals surface area contributed by atoms with E-state index in [1.165, 1.54) is 11.8 Å². The Kier molecular flexibility index (Phi) is 4.13. The number of nitrogens with zero attached hydrogens (tertiary/aromatic N) is 2. The Hall–Kier alpha value is -2.51. The normalized spacial score (nSPS) is 15.5. The van der Waals surface area contributed by atoms with Crippen LogP contribution in [0.4, 0.5) is 17.1 Å². The molecule has 0 aliphatic carbocycles. The molecular weight excluding hydrogens is 398 g/mol. The second-order valence-corrected chi connectivity index (χ2v) is 7.61. The largest absolute Gasteiger partial charge is 0.379 e. The molecule has 1 saturated heterocycles. The van der Waals surface area contributed by atoms with E-state index < -0.39 is 4.92 Å². The summed E-state index contributed by atoms with van der Waals surface area (Å²) in [5.41, 5.74) is 3.11. The molecule has 4 rings (SSSR count). The minimum Gasteiger partial charge on any atom is -0.379 e. The summed E-state index contributed by atoms with van der Waals surface area (Å²) in [6.45, 7) is 3.60. The SMILES string of the molecule is CC1(c2ccc(Nc3c([N+](=O)[O-])cnc4ccc(Br)cc34)cc2)COC1. The molecule has 7 heteroatoms. The molecule has 6 nitrogen and oxygen atoms in total. The molecule has 1 aliphatic heterocycles. The number of benzene rings is 2. The summed E-state index contributed by atoms with van der Waals surface area (Å²) in [5.74, 6) is 0. The lowest BCUT2D eigenvalue weighted by Crippen LogP contribution is -2.43. The molecule has 0 spiro atoms. The number of pyridine rings is 1. The third-order valence-corrected chi connectivity index (χ3v) is 5.19. The topological polar surface area (TPSA) is 77.3 Å². The van der Waals surface area contributed by atoms with Crippen molar-refractivity contribution in [1.29, 1.82) is 0 Å². The van der Waals surface area contributed by atoms with Gasteiger partial charge in [-0.1, -0.05) is 35.0 Å². The predicted molar refractivity (Wildman–Crippen MR) is 104 cm³/mol. The zero-order valence-corrected chi connectivity index (χ0v) is 15.6. The van der Waals surface area contributed by atoms with Crippen molar-refractivity contribution in [1.82, 2.24) is 4.98 Å². The van der Waals surface area contributed by atoms with Gasteiger partial charge in [0, 0.05) is 21.0 Å². The molecule has 0 bridgehead atoms. The van der Waals surface area contributed by atoms with Crippen LogP contribution in [0.3, 0.4) is 0 Å². The number of ether oxygens (including phenoxy) is 1. The zero-order chi connectivity index (χ0) is 18.3. The van der Waals surface area contributed by atoms with Crippen LogP contribution in [-0.4, -0.2) is 23.1 Å².